The Hall–Kier alpha value is -1.00. The van der Waals surface area contributed by atoms with Crippen LogP contribution in [0.25, 0.3) is 0 Å². The first-order chi connectivity index (χ1) is 8.69. The standard InChI is InChI=1S/C14H21NO2S/c1-11-6-7-12(18-2)10-13(11)14(17)15-8-4-3-5-9-16/h6-7,10,16H,3-5,8-9H2,1-2H3,(H,15,17). The van der Waals surface area contributed by atoms with Crippen molar-refractivity contribution in [3.63, 3.8) is 0 Å². The monoisotopic (exact) mass is 267 g/mol. The molecule has 0 saturated carbocycles. The minimum atomic E-state index is -0.00704. The number of aliphatic hydroxyl groups excluding tert-OH is 1. The lowest BCUT2D eigenvalue weighted by Crippen LogP contribution is -2.25. The average molecular weight is 267 g/mol. The molecule has 18 heavy (non-hydrogen) atoms. The number of amides is 1. The number of aryl methyl sites for hydroxylation is 1. The van der Waals surface area contributed by atoms with Crippen LogP contribution < -0.4 is 5.32 Å². The SMILES string of the molecule is CSc1ccc(C)c(C(=O)NCCCCCO)c1. The lowest BCUT2D eigenvalue weighted by molar-refractivity contribution is 0.0952. The molecule has 1 aromatic rings. The molecule has 0 aliphatic carbocycles. The van der Waals surface area contributed by atoms with E-state index in [1.165, 1.54) is 0 Å². The molecule has 4 heteroatoms. The van der Waals surface area contributed by atoms with Crippen molar-refractivity contribution >= 4 is 17.7 Å². The molecule has 0 heterocycles. The Morgan fingerprint density at radius 3 is 2.78 bits per heavy atom. The van der Waals surface area contributed by atoms with E-state index in [-0.39, 0.29) is 12.5 Å². The second kappa shape index (κ2) is 8.16. The maximum absolute atomic E-state index is 12.0. The molecule has 1 rings (SSSR count). The number of nitrogens with one attached hydrogen (secondary N) is 1. The second-order valence-electron chi connectivity index (χ2n) is 4.22. The molecule has 0 spiro atoms. The van der Waals surface area contributed by atoms with Gasteiger partial charge in [0, 0.05) is 23.6 Å². The van der Waals surface area contributed by atoms with Crippen LogP contribution in [-0.2, 0) is 0 Å². The summed E-state index contributed by atoms with van der Waals surface area (Å²) in [6.45, 7) is 2.84. The van der Waals surface area contributed by atoms with E-state index in [2.05, 4.69) is 5.32 Å². The van der Waals surface area contributed by atoms with E-state index in [0.717, 1.165) is 35.3 Å². The Balaban J connectivity index is 2.50. The number of carbonyl (C=O) groups excluding carboxylic acids is 1. The molecular weight excluding hydrogens is 246 g/mol. The molecule has 2 N–H and O–H groups in total. The summed E-state index contributed by atoms with van der Waals surface area (Å²) in [6, 6.07) is 5.94. The summed E-state index contributed by atoms with van der Waals surface area (Å²) in [5, 5.41) is 11.6. The van der Waals surface area contributed by atoms with Crippen LogP contribution >= 0.6 is 11.8 Å². The van der Waals surface area contributed by atoms with Gasteiger partial charge in [0.15, 0.2) is 0 Å². The number of hydrogen-bond acceptors (Lipinski definition) is 3. The van der Waals surface area contributed by atoms with Crippen LogP contribution in [0.1, 0.15) is 35.2 Å². The lowest BCUT2D eigenvalue weighted by Gasteiger charge is -2.09. The van der Waals surface area contributed by atoms with Gasteiger partial charge >= 0.3 is 0 Å². The molecule has 0 aliphatic heterocycles. The second-order valence-corrected chi connectivity index (χ2v) is 5.10. The van der Waals surface area contributed by atoms with Gasteiger partial charge in [-0.05, 0) is 50.1 Å². The van der Waals surface area contributed by atoms with Crippen LogP contribution in [0.4, 0.5) is 0 Å². The predicted octanol–water partition coefficient (Wildman–Crippen LogP) is 2.61. The molecule has 0 bridgehead atoms. The Bertz CT molecular complexity index is 393. The summed E-state index contributed by atoms with van der Waals surface area (Å²) in [7, 11) is 0. The van der Waals surface area contributed by atoms with Gasteiger partial charge < -0.3 is 10.4 Å². The van der Waals surface area contributed by atoms with E-state index in [1.54, 1.807) is 11.8 Å². The van der Waals surface area contributed by atoms with Crippen LogP contribution in [0.5, 0.6) is 0 Å². The maximum atomic E-state index is 12.0. The molecule has 0 aromatic heterocycles. The van der Waals surface area contributed by atoms with Gasteiger partial charge in [0.1, 0.15) is 0 Å². The highest BCUT2D eigenvalue weighted by molar-refractivity contribution is 7.98. The van der Waals surface area contributed by atoms with Crippen molar-refractivity contribution in [2.45, 2.75) is 31.1 Å². The fourth-order valence-corrected chi connectivity index (χ4v) is 2.12. The summed E-state index contributed by atoms with van der Waals surface area (Å²) in [5.41, 5.74) is 1.75. The smallest absolute Gasteiger partial charge is 0.251 e. The zero-order valence-corrected chi connectivity index (χ0v) is 11.8. The van der Waals surface area contributed by atoms with E-state index in [0.29, 0.717) is 6.54 Å². The van der Waals surface area contributed by atoms with Crippen molar-refractivity contribution in [2.75, 3.05) is 19.4 Å². The minimum Gasteiger partial charge on any atom is -0.396 e. The van der Waals surface area contributed by atoms with Gasteiger partial charge in [-0.2, -0.15) is 0 Å². The third-order valence-electron chi connectivity index (χ3n) is 2.81. The highest BCUT2D eigenvalue weighted by Gasteiger charge is 2.08. The van der Waals surface area contributed by atoms with E-state index in [1.807, 2.05) is 31.4 Å². The highest BCUT2D eigenvalue weighted by Crippen LogP contribution is 2.18. The Morgan fingerprint density at radius 1 is 1.33 bits per heavy atom. The molecule has 1 aromatic carbocycles. The number of rotatable bonds is 7. The van der Waals surface area contributed by atoms with Crippen molar-refractivity contribution in [1.29, 1.82) is 0 Å². The number of unbranched alkanes of at least 4 members (excludes halogenated alkanes) is 2. The van der Waals surface area contributed by atoms with Crippen molar-refractivity contribution in [3.8, 4) is 0 Å². The zero-order valence-electron chi connectivity index (χ0n) is 11.0. The van der Waals surface area contributed by atoms with E-state index < -0.39 is 0 Å². The molecular formula is C14H21NO2S. The van der Waals surface area contributed by atoms with Crippen LogP contribution in [0.15, 0.2) is 23.1 Å². The Morgan fingerprint density at radius 2 is 2.11 bits per heavy atom. The van der Waals surface area contributed by atoms with Crippen molar-refractivity contribution < 1.29 is 9.90 Å². The molecule has 0 fully saturated rings. The van der Waals surface area contributed by atoms with Gasteiger partial charge in [-0.15, -0.1) is 11.8 Å². The number of benzene rings is 1. The van der Waals surface area contributed by atoms with Crippen LogP contribution in [0.2, 0.25) is 0 Å². The number of thioether (sulfide) groups is 1. The van der Waals surface area contributed by atoms with E-state index in [4.69, 9.17) is 5.11 Å². The van der Waals surface area contributed by atoms with E-state index in [9.17, 15) is 4.79 Å². The third kappa shape index (κ3) is 4.70. The fraction of sp³-hybridized carbons (Fsp3) is 0.500. The summed E-state index contributed by atoms with van der Waals surface area (Å²) in [5.74, 6) is -0.00704. The summed E-state index contributed by atoms with van der Waals surface area (Å²) >= 11 is 1.64. The summed E-state index contributed by atoms with van der Waals surface area (Å²) in [6.07, 6.45) is 4.66. The van der Waals surface area contributed by atoms with Crippen molar-refractivity contribution in [3.05, 3.63) is 29.3 Å². The highest BCUT2D eigenvalue weighted by atomic mass is 32.2. The van der Waals surface area contributed by atoms with Crippen LogP contribution in [-0.4, -0.2) is 30.4 Å². The van der Waals surface area contributed by atoms with Gasteiger partial charge in [-0.25, -0.2) is 0 Å². The molecule has 0 aliphatic rings. The van der Waals surface area contributed by atoms with Crippen molar-refractivity contribution in [2.24, 2.45) is 0 Å². The number of hydrogen-bond donors (Lipinski definition) is 2. The minimum absolute atomic E-state index is 0.00704. The Kier molecular flexibility index (Phi) is 6.83. The quantitative estimate of drug-likeness (QED) is 0.590. The largest absolute Gasteiger partial charge is 0.396 e. The summed E-state index contributed by atoms with van der Waals surface area (Å²) < 4.78 is 0. The van der Waals surface area contributed by atoms with Gasteiger partial charge in [0.2, 0.25) is 0 Å². The topological polar surface area (TPSA) is 49.3 Å². The van der Waals surface area contributed by atoms with Gasteiger partial charge in [0.05, 0.1) is 0 Å². The predicted molar refractivity (Wildman–Crippen MR) is 76.2 cm³/mol. The Labute approximate surface area is 113 Å². The van der Waals surface area contributed by atoms with Crippen LogP contribution in [0.3, 0.4) is 0 Å². The molecule has 0 unspecified atom stereocenters. The molecule has 0 radical (unpaired) electrons. The molecule has 0 saturated heterocycles. The average Bonchev–Trinajstić information content (AvgIpc) is 2.39. The molecule has 3 nitrogen and oxygen atoms in total. The van der Waals surface area contributed by atoms with Gasteiger partial charge in [0.25, 0.3) is 5.91 Å². The maximum Gasteiger partial charge on any atom is 0.251 e. The number of aliphatic hydroxyl groups is 1. The first-order valence-corrected chi connectivity index (χ1v) is 7.45. The molecule has 100 valence electrons. The number of carbonyl (C=O) groups is 1. The van der Waals surface area contributed by atoms with Gasteiger partial charge in [-0.1, -0.05) is 6.07 Å². The van der Waals surface area contributed by atoms with Gasteiger partial charge in [-0.3, -0.25) is 4.79 Å². The molecule has 1 amide bonds. The third-order valence-corrected chi connectivity index (χ3v) is 3.54. The van der Waals surface area contributed by atoms with Crippen molar-refractivity contribution in [1.82, 2.24) is 5.32 Å². The first-order valence-electron chi connectivity index (χ1n) is 6.22. The first kappa shape index (κ1) is 15.1. The van der Waals surface area contributed by atoms with Crippen LogP contribution in [0, 0.1) is 6.92 Å². The lowest BCUT2D eigenvalue weighted by atomic mass is 10.1. The fourth-order valence-electron chi connectivity index (χ4n) is 1.68. The zero-order chi connectivity index (χ0) is 13.4. The summed E-state index contributed by atoms with van der Waals surface area (Å²) in [4.78, 5) is 13.1. The van der Waals surface area contributed by atoms with E-state index >= 15 is 0 Å². The normalized spacial score (nSPS) is 10.4. The molecule has 0 atom stereocenters.